The van der Waals surface area contributed by atoms with Gasteiger partial charge in [-0.1, -0.05) is 58.8 Å². The lowest BCUT2D eigenvalue weighted by molar-refractivity contribution is -0.108. The summed E-state index contributed by atoms with van der Waals surface area (Å²) in [5.41, 5.74) is -0.0106. The summed E-state index contributed by atoms with van der Waals surface area (Å²) < 4.78 is 12.1. The van der Waals surface area contributed by atoms with Gasteiger partial charge >= 0.3 is 8.56 Å². The zero-order chi connectivity index (χ0) is 16.0. The van der Waals surface area contributed by atoms with E-state index in [2.05, 4.69) is 13.8 Å². The first-order chi connectivity index (χ1) is 10.2. The smallest absolute Gasteiger partial charge is 0.348 e. The molecule has 0 aromatic carbocycles. The highest BCUT2D eigenvalue weighted by Gasteiger charge is 2.44. The molecule has 1 unspecified atom stereocenters. The summed E-state index contributed by atoms with van der Waals surface area (Å²) in [7, 11) is -2.37. The molecular weight excluding hydrogens is 280 g/mol. The Bertz CT molecular complexity index is 229. The lowest BCUT2D eigenvalue weighted by Crippen LogP contribution is -2.47. The Hall–Kier alpha value is -0.193. The average Bonchev–Trinajstić information content (AvgIpc) is 2.47. The number of unbranched alkanes of at least 4 members (excludes halogenated alkanes) is 5. The summed E-state index contributed by atoms with van der Waals surface area (Å²) in [6.45, 7) is 9.68. The molecule has 1 atom stereocenters. The molecule has 0 aliphatic rings. The molecule has 21 heavy (non-hydrogen) atoms. The Kier molecular flexibility index (Phi) is 13.3. The van der Waals surface area contributed by atoms with E-state index in [0.717, 1.165) is 31.6 Å². The van der Waals surface area contributed by atoms with Crippen LogP contribution in [0.15, 0.2) is 0 Å². The Morgan fingerprint density at radius 3 is 1.90 bits per heavy atom. The van der Waals surface area contributed by atoms with Crippen LogP contribution in [0.2, 0.25) is 11.6 Å². The standard InChI is InChI=1S/C17H36O3Si/c1-5-9-10-11-12-13-14-17(16-18)21(15-6-2,19-7-3)20-8-4/h16-17H,5-15H2,1-4H3. The highest BCUT2D eigenvalue weighted by Crippen LogP contribution is 2.32. The largest absolute Gasteiger partial charge is 0.394 e. The van der Waals surface area contributed by atoms with Crippen molar-refractivity contribution in [1.29, 1.82) is 0 Å². The number of carbonyl (C=O) groups is 1. The zero-order valence-corrected chi connectivity index (χ0v) is 15.7. The van der Waals surface area contributed by atoms with E-state index in [4.69, 9.17) is 8.85 Å². The van der Waals surface area contributed by atoms with E-state index in [1.54, 1.807) is 0 Å². The minimum Gasteiger partial charge on any atom is -0.394 e. The lowest BCUT2D eigenvalue weighted by Gasteiger charge is -2.34. The van der Waals surface area contributed by atoms with E-state index in [1.165, 1.54) is 32.1 Å². The summed E-state index contributed by atoms with van der Waals surface area (Å²) >= 11 is 0. The normalized spacial score (nSPS) is 13.3. The molecule has 0 N–H and O–H groups in total. The molecule has 0 aromatic heterocycles. The zero-order valence-electron chi connectivity index (χ0n) is 14.7. The highest BCUT2D eigenvalue weighted by molar-refractivity contribution is 6.71. The van der Waals surface area contributed by atoms with Gasteiger partial charge in [-0.25, -0.2) is 0 Å². The Morgan fingerprint density at radius 2 is 1.43 bits per heavy atom. The fourth-order valence-electron chi connectivity index (χ4n) is 2.96. The predicted molar refractivity (Wildman–Crippen MR) is 91.9 cm³/mol. The second-order valence-corrected chi connectivity index (χ2v) is 9.17. The molecule has 0 fully saturated rings. The van der Waals surface area contributed by atoms with Gasteiger partial charge in [0.05, 0.1) is 5.54 Å². The summed E-state index contributed by atoms with van der Waals surface area (Å²) in [6, 6.07) is 0.925. The first-order valence-corrected chi connectivity index (χ1v) is 11.0. The number of carbonyl (C=O) groups excluding carboxylic acids is 1. The molecule has 0 spiro atoms. The Labute approximate surface area is 133 Å². The van der Waals surface area contributed by atoms with E-state index in [0.29, 0.717) is 13.2 Å². The lowest BCUT2D eigenvalue weighted by atomic mass is 10.1. The maximum Gasteiger partial charge on any atom is 0.348 e. The molecule has 0 bridgehead atoms. The third kappa shape index (κ3) is 8.12. The van der Waals surface area contributed by atoms with Gasteiger partial charge in [0, 0.05) is 13.2 Å². The van der Waals surface area contributed by atoms with Gasteiger partial charge in [-0.05, 0) is 26.3 Å². The third-order valence-corrected chi connectivity index (χ3v) is 8.28. The number of hydrogen-bond donors (Lipinski definition) is 0. The summed E-state index contributed by atoms with van der Waals surface area (Å²) in [5, 5.41) is 0. The number of aldehydes is 1. The van der Waals surface area contributed by atoms with Crippen molar-refractivity contribution in [1.82, 2.24) is 0 Å². The maximum absolute atomic E-state index is 11.6. The highest BCUT2D eigenvalue weighted by atomic mass is 28.4. The summed E-state index contributed by atoms with van der Waals surface area (Å²) in [5.74, 6) is 0. The van der Waals surface area contributed by atoms with Gasteiger partial charge in [-0.15, -0.1) is 0 Å². The van der Waals surface area contributed by atoms with Crippen LogP contribution in [0.4, 0.5) is 0 Å². The minimum atomic E-state index is -2.37. The van der Waals surface area contributed by atoms with Crippen LogP contribution in [0, 0.1) is 0 Å². The Morgan fingerprint density at radius 1 is 0.857 bits per heavy atom. The predicted octanol–water partition coefficient (Wildman–Crippen LogP) is 5.23. The molecule has 3 nitrogen and oxygen atoms in total. The van der Waals surface area contributed by atoms with Crippen molar-refractivity contribution in [2.45, 2.75) is 90.6 Å². The van der Waals surface area contributed by atoms with Gasteiger partial charge in [0.15, 0.2) is 0 Å². The van der Waals surface area contributed by atoms with Crippen molar-refractivity contribution in [3.8, 4) is 0 Å². The molecule has 0 radical (unpaired) electrons. The van der Waals surface area contributed by atoms with Crippen molar-refractivity contribution < 1.29 is 13.6 Å². The van der Waals surface area contributed by atoms with Gasteiger partial charge < -0.3 is 13.6 Å². The summed E-state index contributed by atoms with van der Waals surface area (Å²) in [4.78, 5) is 11.6. The van der Waals surface area contributed by atoms with Gasteiger partial charge in [0.25, 0.3) is 0 Å². The van der Waals surface area contributed by atoms with Crippen molar-refractivity contribution in [2.24, 2.45) is 0 Å². The van der Waals surface area contributed by atoms with E-state index < -0.39 is 8.56 Å². The first kappa shape index (κ1) is 20.8. The second-order valence-electron chi connectivity index (χ2n) is 5.73. The van der Waals surface area contributed by atoms with Crippen molar-refractivity contribution in [3.63, 3.8) is 0 Å². The van der Waals surface area contributed by atoms with Crippen LogP contribution < -0.4 is 0 Å². The van der Waals surface area contributed by atoms with Crippen LogP contribution in [0.3, 0.4) is 0 Å². The van der Waals surface area contributed by atoms with Crippen LogP contribution in [0.1, 0.15) is 79.1 Å². The fourth-order valence-corrected chi connectivity index (χ4v) is 6.66. The van der Waals surface area contributed by atoms with Crippen LogP contribution in [0.5, 0.6) is 0 Å². The molecule has 126 valence electrons. The van der Waals surface area contributed by atoms with E-state index in [1.807, 2.05) is 13.8 Å². The molecule has 0 aliphatic heterocycles. The van der Waals surface area contributed by atoms with Crippen molar-refractivity contribution in [2.75, 3.05) is 13.2 Å². The van der Waals surface area contributed by atoms with E-state index >= 15 is 0 Å². The molecule has 4 heteroatoms. The SMILES string of the molecule is CCCCCCCCC(C=O)[Si](CCC)(OCC)OCC. The molecule has 0 rings (SSSR count). The topological polar surface area (TPSA) is 35.5 Å². The van der Waals surface area contributed by atoms with Gasteiger partial charge in [-0.3, -0.25) is 0 Å². The molecule has 0 aromatic rings. The van der Waals surface area contributed by atoms with Crippen LogP contribution in [0.25, 0.3) is 0 Å². The first-order valence-electron chi connectivity index (χ1n) is 8.93. The Balaban J connectivity index is 4.47. The van der Waals surface area contributed by atoms with Crippen molar-refractivity contribution >= 4 is 14.8 Å². The van der Waals surface area contributed by atoms with Crippen LogP contribution in [-0.2, 0) is 13.6 Å². The number of rotatable bonds is 15. The maximum atomic E-state index is 11.6. The van der Waals surface area contributed by atoms with E-state index in [9.17, 15) is 4.79 Å². The average molecular weight is 317 g/mol. The molecule has 0 heterocycles. The monoisotopic (exact) mass is 316 g/mol. The number of hydrogen-bond acceptors (Lipinski definition) is 3. The molecule has 0 aliphatic carbocycles. The molecule has 0 saturated heterocycles. The second kappa shape index (κ2) is 13.5. The van der Waals surface area contributed by atoms with Gasteiger partial charge in [-0.2, -0.15) is 0 Å². The van der Waals surface area contributed by atoms with Crippen LogP contribution >= 0.6 is 0 Å². The minimum absolute atomic E-state index is 0.0106. The van der Waals surface area contributed by atoms with Gasteiger partial charge in [0.2, 0.25) is 0 Å². The quantitative estimate of drug-likeness (QED) is 0.236. The fraction of sp³-hybridized carbons (Fsp3) is 0.941. The molecule has 0 saturated carbocycles. The summed E-state index contributed by atoms with van der Waals surface area (Å²) in [6.07, 6.45) is 10.6. The van der Waals surface area contributed by atoms with Crippen molar-refractivity contribution in [3.05, 3.63) is 0 Å². The molecule has 0 amide bonds. The van der Waals surface area contributed by atoms with E-state index in [-0.39, 0.29) is 5.54 Å². The third-order valence-electron chi connectivity index (χ3n) is 3.97. The van der Waals surface area contributed by atoms with Crippen LogP contribution in [-0.4, -0.2) is 28.1 Å². The van der Waals surface area contributed by atoms with Gasteiger partial charge in [0.1, 0.15) is 6.29 Å². The molecular formula is C17H36O3Si.